The molecule has 4 saturated carbocycles. The number of para-hydroxylation sites is 1. The molecule has 4 bridgehead atoms. The van der Waals surface area contributed by atoms with Crippen LogP contribution in [-0.2, 0) is 12.0 Å². The second-order valence-electron chi connectivity index (χ2n) is 10.4. The molecule has 3 aromatic rings. The van der Waals surface area contributed by atoms with Crippen molar-refractivity contribution in [2.75, 3.05) is 6.54 Å². The van der Waals surface area contributed by atoms with Crippen LogP contribution in [0.25, 0.3) is 5.69 Å². The van der Waals surface area contributed by atoms with Gasteiger partial charge < -0.3 is 5.32 Å². The van der Waals surface area contributed by atoms with Gasteiger partial charge in [-0.15, -0.1) is 0 Å². The zero-order chi connectivity index (χ0) is 22.4. The van der Waals surface area contributed by atoms with E-state index in [1.165, 1.54) is 38.5 Å². The van der Waals surface area contributed by atoms with E-state index >= 15 is 0 Å². The molecular weight excluding hydrogens is 478 g/mol. The lowest BCUT2D eigenvalue weighted by Crippen LogP contribution is -2.49. The van der Waals surface area contributed by atoms with Gasteiger partial charge in [0.1, 0.15) is 0 Å². The fourth-order valence-electron chi connectivity index (χ4n) is 7.04. The molecule has 0 spiro atoms. The van der Waals surface area contributed by atoms with Gasteiger partial charge in [0.15, 0.2) is 0 Å². The maximum absolute atomic E-state index is 13.4. The van der Waals surface area contributed by atoms with Crippen molar-refractivity contribution in [3.05, 3.63) is 64.7 Å². The second-order valence-corrected chi connectivity index (χ2v) is 11.3. The van der Waals surface area contributed by atoms with Crippen LogP contribution in [0.2, 0.25) is 0 Å². The Labute approximate surface area is 202 Å². The minimum Gasteiger partial charge on any atom is -0.352 e. The monoisotopic (exact) mass is 507 g/mol. The smallest absolute Gasteiger partial charge is 0.254 e. The van der Waals surface area contributed by atoms with Crippen molar-refractivity contribution in [2.24, 2.45) is 17.8 Å². The Bertz CT molecular complexity index is 1120. The largest absolute Gasteiger partial charge is 0.352 e. The number of nitrogens with one attached hydrogen (secondary N) is 1. The summed E-state index contributed by atoms with van der Waals surface area (Å²) in [4.78, 5) is 13.4. The van der Waals surface area contributed by atoms with Crippen LogP contribution >= 0.6 is 15.9 Å². The number of hydrogen-bond acceptors (Lipinski definition) is 3. The quantitative estimate of drug-likeness (QED) is 0.451. The summed E-state index contributed by atoms with van der Waals surface area (Å²) in [6, 6.07) is 10.2. The first-order chi connectivity index (χ1) is 16.1. The standard InChI is InChI=1S/C26H30BrN5O/c27-21-15-29-31(16-21)8-4-7-28-25(33)23-17-32(22-5-2-1-3-6-22)30-24(23)26-12-18-9-19(13-26)11-20(10-18)14-26/h1-3,5-6,15-20H,4,7-14H2,(H,28,33). The highest BCUT2D eigenvalue weighted by atomic mass is 79.9. The van der Waals surface area contributed by atoms with Gasteiger partial charge >= 0.3 is 0 Å². The van der Waals surface area contributed by atoms with Crippen LogP contribution in [0.15, 0.2) is 53.4 Å². The van der Waals surface area contributed by atoms with Crippen molar-refractivity contribution < 1.29 is 4.79 Å². The van der Waals surface area contributed by atoms with E-state index in [-0.39, 0.29) is 11.3 Å². The Kier molecular flexibility index (Phi) is 5.40. The van der Waals surface area contributed by atoms with Gasteiger partial charge in [-0.1, -0.05) is 18.2 Å². The zero-order valence-electron chi connectivity index (χ0n) is 18.8. The third-order valence-electron chi connectivity index (χ3n) is 7.97. The highest BCUT2D eigenvalue weighted by molar-refractivity contribution is 9.10. The molecule has 0 aliphatic heterocycles. The minimum absolute atomic E-state index is 0.00423. The predicted molar refractivity (Wildman–Crippen MR) is 130 cm³/mol. The number of aromatic nitrogens is 4. The predicted octanol–water partition coefficient (Wildman–Crippen LogP) is 5.12. The van der Waals surface area contributed by atoms with Crippen molar-refractivity contribution in [1.82, 2.24) is 24.9 Å². The number of rotatable bonds is 7. The van der Waals surface area contributed by atoms with E-state index in [0.717, 1.165) is 52.1 Å². The molecule has 0 saturated heterocycles. The zero-order valence-corrected chi connectivity index (χ0v) is 20.4. The molecular formula is C26H30BrN5O. The van der Waals surface area contributed by atoms with Gasteiger partial charge in [0, 0.05) is 30.9 Å². The van der Waals surface area contributed by atoms with Gasteiger partial charge in [0.05, 0.1) is 27.6 Å². The van der Waals surface area contributed by atoms with Crippen LogP contribution < -0.4 is 5.32 Å². The van der Waals surface area contributed by atoms with E-state index < -0.39 is 0 Å². The van der Waals surface area contributed by atoms with Crippen LogP contribution in [0, 0.1) is 17.8 Å². The lowest BCUT2D eigenvalue weighted by Gasteiger charge is -2.56. The van der Waals surface area contributed by atoms with E-state index in [1.807, 2.05) is 40.0 Å². The maximum Gasteiger partial charge on any atom is 0.254 e. The summed E-state index contributed by atoms with van der Waals surface area (Å²) in [6.07, 6.45) is 14.3. The molecule has 1 N–H and O–H groups in total. The highest BCUT2D eigenvalue weighted by Gasteiger charge is 2.53. The van der Waals surface area contributed by atoms with Crippen molar-refractivity contribution in [1.29, 1.82) is 0 Å². The van der Waals surface area contributed by atoms with Crippen molar-refractivity contribution in [3.63, 3.8) is 0 Å². The second kappa shape index (κ2) is 8.42. The van der Waals surface area contributed by atoms with Crippen molar-refractivity contribution in [3.8, 4) is 5.69 Å². The summed E-state index contributed by atoms with van der Waals surface area (Å²) < 4.78 is 4.79. The van der Waals surface area contributed by atoms with Gasteiger partial charge in [-0.25, -0.2) is 4.68 Å². The third kappa shape index (κ3) is 4.05. The fraction of sp³-hybridized carbons (Fsp3) is 0.500. The molecule has 4 aliphatic carbocycles. The average molecular weight is 508 g/mol. The summed E-state index contributed by atoms with van der Waals surface area (Å²) >= 11 is 3.43. The lowest BCUT2D eigenvalue weighted by atomic mass is 9.48. The molecule has 0 radical (unpaired) electrons. The Morgan fingerprint density at radius 3 is 2.39 bits per heavy atom. The van der Waals surface area contributed by atoms with Crippen LogP contribution in [0.4, 0.5) is 0 Å². The van der Waals surface area contributed by atoms with E-state index in [1.54, 1.807) is 6.20 Å². The molecule has 4 fully saturated rings. The average Bonchev–Trinajstić information content (AvgIpc) is 3.43. The summed E-state index contributed by atoms with van der Waals surface area (Å²) in [7, 11) is 0. The number of carbonyl (C=O) groups excluding carboxylic acids is 1. The molecule has 0 unspecified atom stereocenters. The summed E-state index contributed by atoms with van der Waals surface area (Å²) in [5.41, 5.74) is 2.89. The SMILES string of the molecule is O=C(NCCCn1cc(Br)cn1)c1cn(-c2ccccc2)nc1C12CC3CC(CC(C3)C1)C2. The number of benzene rings is 1. The van der Waals surface area contributed by atoms with Crippen LogP contribution in [0.3, 0.4) is 0 Å². The first-order valence-corrected chi connectivity index (χ1v) is 13.0. The number of amides is 1. The third-order valence-corrected chi connectivity index (χ3v) is 8.38. The van der Waals surface area contributed by atoms with E-state index in [9.17, 15) is 4.79 Å². The van der Waals surface area contributed by atoms with Gasteiger partial charge in [0.2, 0.25) is 0 Å². The first-order valence-electron chi connectivity index (χ1n) is 12.2. The molecule has 2 heterocycles. The van der Waals surface area contributed by atoms with Gasteiger partial charge in [-0.3, -0.25) is 9.48 Å². The Morgan fingerprint density at radius 1 is 1.06 bits per heavy atom. The number of aryl methyl sites for hydroxylation is 1. The van der Waals surface area contributed by atoms with Crippen LogP contribution in [0.1, 0.15) is 61.0 Å². The van der Waals surface area contributed by atoms with Gasteiger partial charge in [-0.2, -0.15) is 10.2 Å². The number of halogens is 1. The number of nitrogens with zero attached hydrogens (tertiary/aromatic N) is 4. The Balaban J connectivity index is 1.25. The molecule has 7 rings (SSSR count). The Morgan fingerprint density at radius 2 is 1.76 bits per heavy atom. The highest BCUT2D eigenvalue weighted by Crippen LogP contribution is 2.60. The summed E-state index contributed by atoms with van der Waals surface area (Å²) in [5.74, 6) is 2.43. The molecule has 33 heavy (non-hydrogen) atoms. The van der Waals surface area contributed by atoms with Crippen molar-refractivity contribution >= 4 is 21.8 Å². The lowest BCUT2D eigenvalue weighted by molar-refractivity contribution is -0.00770. The topological polar surface area (TPSA) is 64.7 Å². The maximum atomic E-state index is 13.4. The van der Waals surface area contributed by atoms with Gasteiger partial charge in [-0.05, 0) is 90.8 Å². The molecule has 0 atom stereocenters. The molecule has 4 aliphatic rings. The van der Waals surface area contributed by atoms with E-state index in [4.69, 9.17) is 5.10 Å². The molecule has 1 amide bonds. The van der Waals surface area contributed by atoms with Crippen LogP contribution in [0.5, 0.6) is 0 Å². The molecule has 1 aromatic carbocycles. The summed E-state index contributed by atoms with van der Waals surface area (Å²) in [6.45, 7) is 1.39. The van der Waals surface area contributed by atoms with Crippen LogP contribution in [-0.4, -0.2) is 32.0 Å². The fourth-order valence-corrected chi connectivity index (χ4v) is 7.37. The number of carbonyl (C=O) groups is 1. The molecule has 172 valence electrons. The first kappa shape index (κ1) is 21.1. The number of hydrogen-bond donors (Lipinski definition) is 1. The van der Waals surface area contributed by atoms with E-state index in [2.05, 4.69) is 38.5 Å². The minimum atomic E-state index is 0.00423. The summed E-state index contributed by atoms with van der Waals surface area (Å²) in [5, 5.41) is 12.6. The Hall–Kier alpha value is -2.41. The van der Waals surface area contributed by atoms with Gasteiger partial charge in [0.25, 0.3) is 5.91 Å². The van der Waals surface area contributed by atoms with E-state index in [0.29, 0.717) is 6.54 Å². The molecule has 7 heteroatoms. The van der Waals surface area contributed by atoms with Crippen molar-refractivity contribution in [2.45, 2.75) is 56.9 Å². The molecule has 2 aromatic heterocycles. The normalized spacial score (nSPS) is 27.7. The molecule has 6 nitrogen and oxygen atoms in total.